The first-order valence-electron chi connectivity index (χ1n) is 13.6. The van der Waals surface area contributed by atoms with Gasteiger partial charge in [-0.2, -0.15) is 5.26 Å². The second kappa shape index (κ2) is 10.8. The molecule has 5 amide bonds. The van der Waals surface area contributed by atoms with E-state index in [1.807, 2.05) is 20.8 Å². The molecule has 4 rings (SSSR count). The Bertz CT molecular complexity index is 1160. The predicted octanol–water partition coefficient (Wildman–Crippen LogP) is 1.31. The molecule has 3 aliphatic rings. The number of piperidine rings is 1. The summed E-state index contributed by atoms with van der Waals surface area (Å²) in [5.41, 5.74) is 0.137. The third-order valence-electron chi connectivity index (χ3n) is 8.51. The Morgan fingerprint density at radius 1 is 1.23 bits per heavy atom. The molecule has 2 saturated heterocycles. The van der Waals surface area contributed by atoms with E-state index in [4.69, 9.17) is 0 Å². The van der Waals surface area contributed by atoms with Crippen LogP contribution in [0.4, 0.5) is 4.79 Å². The van der Waals surface area contributed by atoms with E-state index in [9.17, 15) is 24.4 Å². The molecule has 0 aromatic carbocycles. The normalized spacial score (nSPS) is 26.5. The van der Waals surface area contributed by atoms with Crippen molar-refractivity contribution in [2.75, 3.05) is 13.1 Å². The third-order valence-corrected chi connectivity index (χ3v) is 8.51. The summed E-state index contributed by atoms with van der Waals surface area (Å²) in [6.45, 7) is 11.0. The zero-order valence-electron chi connectivity index (χ0n) is 23.3. The van der Waals surface area contributed by atoms with Crippen LogP contribution in [0.15, 0.2) is 24.5 Å². The molecular weight excluding hydrogens is 498 g/mol. The highest BCUT2D eigenvalue weighted by molar-refractivity contribution is 5.94. The minimum Gasteiger partial charge on any atom is -0.356 e. The molecule has 39 heavy (non-hydrogen) atoms. The fourth-order valence-corrected chi connectivity index (χ4v) is 6.05. The molecule has 0 bridgehead atoms. The quantitative estimate of drug-likeness (QED) is 0.392. The van der Waals surface area contributed by atoms with Crippen molar-refractivity contribution in [3.63, 3.8) is 0 Å². The number of rotatable bonds is 8. The second-order valence-corrected chi connectivity index (χ2v) is 12.6. The molecule has 1 aromatic rings. The topological polar surface area (TPSA) is 156 Å². The van der Waals surface area contributed by atoms with Crippen molar-refractivity contribution in [3.05, 3.63) is 30.1 Å². The number of hydrogen-bond donors (Lipinski definition) is 4. The Morgan fingerprint density at radius 2 is 1.92 bits per heavy atom. The maximum absolute atomic E-state index is 13.9. The van der Waals surface area contributed by atoms with Gasteiger partial charge in [-0.1, -0.05) is 34.6 Å². The Morgan fingerprint density at radius 3 is 2.51 bits per heavy atom. The van der Waals surface area contributed by atoms with Crippen molar-refractivity contribution >= 4 is 23.8 Å². The Balaban J connectivity index is 1.46. The van der Waals surface area contributed by atoms with Crippen molar-refractivity contribution in [3.8, 4) is 6.07 Å². The molecule has 3 heterocycles. The first kappa shape index (κ1) is 28.3. The third kappa shape index (κ3) is 6.00. The van der Waals surface area contributed by atoms with Crippen molar-refractivity contribution < 1.29 is 19.2 Å². The fourth-order valence-electron chi connectivity index (χ4n) is 6.05. The summed E-state index contributed by atoms with van der Waals surface area (Å²) in [5.74, 6) is -1.03. The van der Waals surface area contributed by atoms with E-state index in [0.717, 1.165) is 5.56 Å². The Hall–Kier alpha value is -3.68. The van der Waals surface area contributed by atoms with Gasteiger partial charge in [-0.25, -0.2) is 4.79 Å². The highest BCUT2D eigenvalue weighted by Crippen LogP contribution is 2.65. The van der Waals surface area contributed by atoms with Crippen LogP contribution >= 0.6 is 0 Å². The number of urea groups is 1. The number of nitrogens with one attached hydrogen (secondary N) is 4. The largest absolute Gasteiger partial charge is 0.356 e. The highest BCUT2D eigenvalue weighted by atomic mass is 16.2. The summed E-state index contributed by atoms with van der Waals surface area (Å²) in [7, 11) is 0. The molecule has 4 N–H and O–H groups in total. The standard InChI is InChI=1S/C28H39N7O4/c1-27(2,3)22(34-26(39)32-14-16-6-9-30-10-7-16)25(38)35-15-19-20(28(19,4)5)21(35)24(37)33-18(13-29)12-17-8-11-31-23(17)36/h6-7,9-10,17-22H,8,11-12,14-15H2,1-5H3,(H,31,36)(H,33,37)(H2,32,34,39)/t17-,18-,19-,20-,21-,22+/m0/s1. The summed E-state index contributed by atoms with van der Waals surface area (Å²) in [6, 6.07) is 2.76. The molecule has 11 heteroatoms. The minimum absolute atomic E-state index is 0.0447. The second-order valence-electron chi connectivity index (χ2n) is 12.6. The number of likely N-dealkylation sites (tertiary alicyclic amines) is 1. The molecule has 3 fully saturated rings. The van der Waals surface area contributed by atoms with E-state index in [-0.39, 0.29) is 53.9 Å². The molecule has 1 aromatic heterocycles. The van der Waals surface area contributed by atoms with E-state index in [0.29, 0.717) is 19.5 Å². The van der Waals surface area contributed by atoms with Gasteiger partial charge >= 0.3 is 6.03 Å². The molecule has 6 atom stereocenters. The number of fused-ring (bicyclic) bond motifs is 1. The van der Waals surface area contributed by atoms with Gasteiger partial charge in [-0.05, 0) is 53.2 Å². The lowest BCUT2D eigenvalue weighted by Crippen LogP contribution is -2.60. The van der Waals surface area contributed by atoms with Gasteiger partial charge in [0.05, 0.1) is 6.07 Å². The average Bonchev–Trinajstić information content (AvgIpc) is 3.23. The van der Waals surface area contributed by atoms with Gasteiger partial charge in [-0.15, -0.1) is 0 Å². The smallest absolute Gasteiger partial charge is 0.315 e. The van der Waals surface area contributed by atoms with Crippen LogP contribution < -0.4 is 21.3 Å². The number of amides is 5. The molecular formula is C28H39N7O4. The van der Waals surface area contributed by atoms with Gasteiger partial charge in [-0.3, -0.25) is 19.4 Å². The number of nitrogens with zero attached hydrogens (tertiary/aromatic N) is 3. The van der Waals surface area contributed by atoms with Crippen LogP contribution in [0.2, 0.25) is 0 Å². The molecule has 1 saturated carbocycles. The van der Waals surface area contributed by atoms with Crippen molar-refractivity contribution in [2.45, 2.75) is 72.1 Å². The zero-order valence-corrected chi connectivity index (χ0v) is 23.3. The van der Waals surface area contributed by atoms with Crippen LogP contribution in [0.25, 0.3) is 0 Å². The Labute approximate surface area is 229 Å². The number of aromatic nitrogens is 1. The number of carbonyl (C=O) groups excluding carboxylic acids is 4. The van der Waals surface area contributed by atoms with Gasteiger partial charge in [0.2, 0.25) is 17.7 Å². The summed E-state index contributed by atoms with van der Waals surface area (Å²) in [5, 5.41) is 20.9. The maximum Gasteiger partial charge on any atom is 0.315 e. The first-order chi connectivity index (χ1) is 18.3. The lowest BCUT2D eigenvalue weighted by atomic mass is 9.85. The van der Waals surface area contributed by atoms with E-state index in [2.05, 4.69) is 46.2 Å². The molecule has 11 nitrogen and oxygen atoms in total. The van der Waals surface area contributed by atoms with Crippen LogP contribution in [0.5, 0.6) is 0 Å². The van der Waals surface area contributed by atoms with E-state index < -0.39 is 29.6 Å². The minimum atomic E-state index is -0.875. The SMILES string of the molecule is CC(C)(C)[C@H](NC(=O)NCc1ccncc1)C(=O)N1C[C@H]2[C@@H]([C@H]1C(=O)N[C@H](C#N)C[C@@H]1CCNC1=O)C2(C)C. The van der Waals surface area contributed by atoms with Crippen LogP contribution in [-0.2, 0) is 20.9 Å². The van der Waals surface area contributed by atoms with Crippen molar-refractivity contribution in [1.82, 2.24) is 31.2 Å². The number of nitriles is 1. The molecule has 0 unspecified atom stereocenters. The van der Waals surface area contributed by atoms with E-state index in [1.54, 1.807) is 29.4 Å². The van der Waals surface area contributed by atoms with E-state index >= 15 is 0 Å². The lowest BCUT2D eigenvalue weighted by molar-refractivity contribution is -0.143. The molecule has 0 radical (unpaired) electrons. The molecule has 0 spiro atoms. The van der Waals surface area contributed by atoms with Gasteiger partial charge in [0.1, 0.15) is 18.1 Å². The lowest BCUT2D eigenvalue weighted by Gasteiger charge is -2.37. The summed E-state index contributed by atoms with van der Waals surface area (Å²) < 4.78 is 0. The van der Waals surface area contributed by atoms with Crippen LogP contribution in [0, 0.1) is 39.9 Å². The predicted molar refractivity (Wildman–Crippen MR) is 142 cm³/mol. The van der Waals surface area contributed by atoms with Crippen LogP contribution in [0.1, 0.15) is 53.0 Å². The summed E-state index contributed by atoms with van der Waals surface area (Å²) >= 11 is 0. The first-order valence-corrected chi connectivity index (χ1v) is 13.6. The zero-order chi connectivity index (χ0) is 28.5. The molecule has 2 aliphatic heterocycles. The van der Waals surface area contributed by atoms with Crippen LogP contribution in [0.3, 0.4) is 0 Å². The summed E-state index contributed by atoms with van der Waals surface area (Å²) in [6.07, 6.45) is 4.14. The van der Waals surface area contributed by atoms with E-state index in [1.165, 1.54) is 0 Å². The maximum atomic E-state index is 13.9. The summed E-state index contributed by atoms with van der Waals surface area (Å²) in [4.78, 5) is 57.9. The van der Waals surface area contributed by atoms with Gasteiger partial charge in [0.25, 0.3) is 0 Å². The number of pyridine rings is 1. The molecule has 1 aliphatic carbocycles. The Kier molecular flexibility index (Phi) is 7.87. The number of carbonyl (C=O) groups is 4. The van der Waals surface area contributed by atoms with Gasteiger partial charge in [0.15, 0.2) is 0 Å². The monoisotopic (exact) mass is 537 g/mol. The fraction of sp³-hybridized carbons (Fsp3) is 0.643. The van der Waals surface area contributed by atoms with Gasteiger partial charge in [0, 0.05) is 37.9 Å². The van der Waals surface area contributed by atoms with Gasteiger partial charge < -0.3 is 26.2 Å². The van der Waals surface area contributed by atoms with Crippen LogP contribution in [-0.4, -0.2) is 64.9 Å². The average molecular weight is 538 g/mol. The highest BCUT2D eigenvalue weighted by Gasteiger charge is 2.69. The number of hydrogen-bond acceptors (Lipinski definition) is 6. The van der Waals surface area contributed by atoms with Crippen molar-refractivity contribution in [2.24, 2.45) is 28.6 Å². The van der Waals surface area contributed by atoms with Crippen molar-refractivity contribution in [1.29, 1.82) is 5.26 Å². The molecule has 210 valence electrons.